The summed E-state index contributed by atoms with van der Waals surface area (Å²) in [5.74, 6) is -0.302. The summed E-state index contributed by atoms with van der Waals surface area (Å²) in [7, 11) is 0. The van der Waals surface area contributed by atoms with Crippen molar-refractivity contribution in [3.63, 3.8) is 0 Å². The van der Waals surface area contributed by atoms with E-state index < -0.39 is 5.60 Å². The lowest BCUT2D eigenvalue weighted by molar-refractivity contribution is -0.160. The second-order valence-electron chi connectivity index (χ2n) is 4.41. The molecule has 4 heteroatoms. The Bertz CT molecular complexity index is 219. The molecule has 0 heterocycles. The van der Waals surface area contributed by atoms with E-state index >= 15 is 0 Å². The highest BCUT2D eigenvalue weighted by molar-refractivity contribution is 9.09. The number of allylic oxidation sites excluding steroid dienone is 2. The van der Waals surface area contributed by atoms with Crippen molar-refractivity contribution in [1.29, 1.82) is 0 Å². The number of halogens is 1. The predicted octanol–water partition coefficient (Wildman–Crippen LogP) is 3.08. The molecule has 0 aliphatic heterocycles. The van der Waals surface area contributed by atoms with Crippen molar-refractivity contribution in [2.24, 2.45) is 0 Å². The highest BCUT2D eigenvalue weighted by atomic mass is 79.9. The molecule has 0 bridgehead atoms. The molecule has 0 aliphatic carbocycles. The lowest BCUT2D eigenvalue weighted by atomic mass is 10.2. The van der Waals surface area contributed by atoms with Gasteiger partial charge < -0.3 is 9.47 Å². The van der Waals surface area contributed by atoms with Gasteiger partial charge in [0.1, 0.15) is 12.2 Å². The molecule has 3 nitrogen and oxygen atoms in total. The van der Waals surface area contributed by atoms with Crippen LogP contribution in [0.25, 0.3) is 0 Å². The van der Waals surface area contributed by atoms with Crippen LogP contribution in [0.4, 0.5) is 0 Å². The lowest BCUT2D eigenvalue weighted by Crippen LogP contribution is -2.26. The quantitative estimate of drug-likeness (QED) is 0.313. The largest absolute Gasteiger partial charge is 0.458 e. The molecule has 0 atom stereocenters. The molecule has 0 aromatic heterocycles. The van der Waals surface area contributed by atoms with Crippen LogP contribution < -0.4 is 0 Å². The topological polar surface area (TPSA) is 35.5 Å². The van der Waals surface area contributed by atoms with Gasteiger partial charge in [0.2, 0.25) is 0 Å². The van der Waals surface area contributed by atoms with Crippen molar-refractivity contribution in [1.82, 2.24) is 0 Å². The standard InChI is InChI=1S/C12H21BrO3/c1-12(2,3)16-11(14)10-15-9-7-5-4-6-8-13/h4,6H,5,7-10H2,1-3H3/b6-4+. The van der Waals surface area contributed by atoms with E-state index in [1.54, 1.807) is 0 Å². The van der Waals surface area contributed by atoms with Crippen LogP contribution in [0.15, 0.2) is 12.2 Å². The Balaban J connectivity index is 3.38. The Morgan fingerprint density at radius 1 is 1.31 bits per heavy atom. The van der Waals surface area contributed by atoms with E-state index in [0.29, 0.717) is 6.61 Å². The Labute approximate surface area is 106 Å². The zero-order valence-corrected chi connectivity index (χ0v) is 11.9. The van der Waals surface area contributed by atoms with Crippen LogP contribution >= 0.6 is 15.9 Å². The molecule has 0 spiro atoms. The van der Waals surface area contributed by atoms with Crippen molar-refractivity contribution in [3.05, 3.63) is 12.2 Å². The second-order valence-corrected chi connectivity index (χ2v) is 5.05. The molecule has 0 saturated heterocycles. The highest BCUT2D eigenvalue weighted by Gasteiger charge is 2.15. The van der Waals surface area contributed by atoms with E-state index in [1.165, 1.54) is 0 Å². The van der Waals surface area contributed by atoms with Crippen LogP contribution in [-0.2, 0) is 14.3 Å². The summed E-state index contributed by atoms with van der Waals surface area (Å²) in [6, 6.07) is 0. The Morgan fingerprint density at radius 3 is 2.56 bits per heavy atom. The predicted molar refractivity (Wildman–Crippen MR) is 68.8 cm³/mol. The third-order valence-corrected chi connectivity index (χ3v) is 1.93. The molecule has 94 valence electrons. The molecule has 0 unspecified atom stereocenters. The first-order chi connectivity index (χ1) is 7.45. The summed E-state index contributed by atoms with van der Waals surface area (Å²) in [4.78, 5) is 11.2. The molecular weight excluding hydrogens is 272 g/mol. The number of esters is 1. The van der Waals surface area contributed by atoms with Crippen molar-refractivity contribution in [3.8, 4) is 0 Å². The number of hydrogen-bond donors (Lipinski definition) is 0. The first-order valence-corrected chi connectivity index (χ1v) is 6.58. The van der Waals surface area contributed by atoms with Crippen molar-refractivity contribution in [2.75, 3.05) is 18.5 Å². The molecular formula is C12H21BrO3. The van der Waals surface area contributed by atoms with Gasteiger partial charge >= 0.3 is 5.97 Å². The summed E-state index contributed by atoms with van der Waals surface area (Å²) >= 11 is 3.30. The van der Waals surface area contributed by atoms with E-state index in [2.05, 4.69) is 22.0 Å². The van der Waals surface area contributed by atoms with Gasteiger partial charge in [-0.3, -0.25) is 0 Å². The van der Waals surface area contributed by atoms with E-state index in [-0.39, 0.29) is 12.6 Å². The van der Waals surface area contributed by atoms with Gasteiger partial charge in [-0.05, 0) is 33.6 Å². The van der Waals surface area contributed by atoms with E-state index in [4.69, 9.17) is 9.47 Å². The summed E-state index contributed by atoms with van der Waals surface area (Å²) in [5.41, 5.74) is -0.431. The van der Waals surface area contributed by atoms with Gasteiger partial charge in [0.15, 0.2) is 0 Å². The van der Waals surface area contributed by atoms with E-state index in [9.17, 15) is 4.79 Å². The minimum absolute atomic E-state index is 0.0411. The number of carbonyl (C=O) groups excluding carboxylic acids is 1. The summed E-state index contributed by atoms with van der Waals surface area (Å²) < 4.78 is 10.3. The van der Waals surface area contributed by atoms with Crippen LogP contribution in [-0.4, -0.2) is 30.1 Å². The van der Waals surface area contributed by atoms with Crippen molar-refractivity contribution in [2.45, 2.75) is 39.2 Å². The summed E-state index contributed by atoms with van der Waals surface area (Å²) in [6.07, 6.45) is 6.03. The minimum Gasteiger partial charge on any atom is -0.458 e. The number of hydrogen-bond acceptors (Lipinski definition) is 3. The van der Waals surface area contributed by atoms with Gasteiger partial charge in [-0.25, -0.2) is 4.79 Å². The van der Waals surface area contributed by atoms with Crippen LogP contribution in [0, 0.1) is 0 Å². The molecule has 0 aliphatic rings. The average molecular weight is 293 g/mol. The van der Waals surface area contributed by atoms with Gasteiger partial charge in [-0.15, -0.1) is 0 Å². The Kier molecular flexibility index (Phi) is 8.57. The summed E-state index contributed by atoms with van der Waals surface area (Å²) in [5, 5.41) is 0.881. The van der Waals surface area contributed by atoms with Crippen molar-refractivity contribution < 1.29 is 14.3 Å². The normalized spacial score (nSPS) is 12.0. The monoisotopic (exact) mass is 292 g/mol. The second kappa shape index (κ2) is 8.76. The maximum absolute atomic E-state index is 11.2. The first kappa shape index (κ1) is 15.7. The zero-order valence-electron chi connectivity index (χ0n) is 10.3. The van der Waals surface area contributed by atoms with Gasteiger partial charge in [0.05, 0.1) is 0 Å². The molecule has 0 aromatic carbocycles. The SMILES string of the molecule is CC(C)(C)OC(=O)COCCC/C=C/CBr. The first-order valence-electron chi connectivity index (χ1n) is 5.46. The summed E-state index contributed by atoms with van der Waals surface area (Å²) in [6.45, 7) is 6.16. The molecule has 0 aromatic rings. The number of carbonyl (C=O) groups is 1. The van der Waals surface area contributed by atoms with Gasteiger partial charge in [0, 0.05) is 11.9 Å². The van der Waals surface area contributed by atoms with Crippen LogP contribution in [0.2, 0.25) is 0 Å². The number of alkyl halides is 1. The molecule has 0 fully saturated rings. The lowest BCUT2D eigenvalue weighted by Gasteiger charge is -2.19. The van der Waals surface area contributed by atoms with Gasteiger partial charge in [0.25, 0.3) is 0 Å². The fraction of sp³-hybridized carbons (Fsp3) is 0.750. The van der Waals surface area contributed by atoms with Gasteiger partial charge in [-0.1, -0.05) is 28.1 Å². The third kappa shape index (κ3) is 11.7. The smallest absolute Gasteiger partial charge is 0.332 e. The molecule has 0 N–H and O–H groups in total. The molecule has 0 amide bonds. The van der Waals surface area contributed by atoms with E-state index in [0.717, 1.165) is 18.2 Å². The zero-order chi connectivity index (χ0) is 12.4. The minimum atomic E-state index is -0.431. The maximum Gasteiger partial charge on any atom is 0.332 e. The van der Waals surface area contributed by atoms with Crippen molar-refractivity contribution >= 4 is 21.9 Å². The molecule has 0 radical (unpaired) electrons. The fourth-order valence-electron chi connectivity index (χ4n) is 1.01. The molecule has 0 saturated carbocycles. The average Bonchev–Trinajstić information content (AvgIpc) is 2.13. The Hall–Kier alpha value is -0.350. The fourth-order valence-corrected chi connectivity index (χ4v) is 1.27. The number of ether oxygens (including phenoxy) is 2. The van der Waals surface area contributed by atoms with Crippen LogP contribution in [0.3, 0.4) is 0 Å². The van der Waals surface area contributed by atoms with Crippen LogP contribution in [0.1, 0.15) is 33.6 Å². The van der Waals surface area contributed by atoms with E-state index in [1.807, 2.05) is 26.8 Å². The Morgan fingerprint density at radius 2 is 2.00 bits per heavy atom. The molecule has 0 rings (SSSR count). The number of rotatable bonds is 7. The number of unbranched alkanes of at least 4 members (excludes halogenated alkanes) is 1. The van der Waals surface area contributed by atoms with Gasteiger partial charge in [-0.2, -0.15) is 0 Å². The molecule has 16 heavy (non-hydrogen) atoms. The third-order valence-electron chi connectivity index (χ3n) is 1.56. The highest BCUT2D eigenvalue weighted by Crippen LogP contribution is 2.06. The van der Waals surface area contributed by atoms with Crippen LogP contribution in [0.5, 0.6) is 0 Å². The maximum atomic E-state index is 11.2.